The second kappa shape index (κ2) is 4.38. The quantitative estimate of drug-likeness (QED) is 0.489. The van der Waals surface area contributed by atoms with Crippen LogP contribution in [0.1, 0.15) is 21.5 Å². The minimum atomic E-state index is -0.287. The number of ketones is 1. The number of H-pyrrole nitrogens is 2. The molecule has 3 aromatic rings. The van der Waals surface area contributed by atoms with Crippen molar-refractivity contribution >= 4 is 22.5 Å². The topological polar surface area (TPSA) is 91.7 Å². The number of rotatable bonds is 2. The first kappa shape index (κ1) is 12.2. The molecule has 1 heterocycles. The highest BCUT2D eigenvalue weighted by Gasteiger charge is 2.13. The molecule has 100 valence electrons. The van der Waals surface area contributed by atoms with Crippen LogP contribution >= 0.6 is 0 Å². The number of imidazole rings is 1. The van der Waals surface area contributed by atoms with E-state index in [1.807, 2.05) is 13.0 Å². The van der Waals surface area contributed by atoms with Gasteiger partial charge in [0.15, 0.2) is 5.78 Å². The Bertz CT molecular complexity index is 874. The Morgan fingerprint density at radius 3 is 2.60 bits per heavy atom. The zero-order chi connectivity index (χ0) is 14.3. The summed E-state index contributed by atoms with van der Waals surface area (Å²) < 4.78 is 0. The minimum Gasteiger partial charge on any atom is -0.399 e. The standard InChI is InChI=1S/C15H13N3O2/c1-8-2-4-10(16)7-11(8)14(19)9-3-5-12-13(6-9)18-15(20)17-12/h2-7H,16H2,1H3,(H2,17,18,20). The third kappa shape index (κ3) is 1.99. The summed E-state index contributed by atoms with van der Waals surface area (Å²) in [5, 5.41) is 0. The van der Waals surface area contributed by atoms with Crippen molar-refractivity contribution < 1.29 is 4.79 Å². The van der Waals surface area contributed by atoms with Crippen LogP contribution in [0.2, 0.25) is 0 Å². The summed E-state index contributed by atoms with van der Waals surface area (Å²) in [6.07, 6.45) is 0. The number of hydrogen-bond acceptors (Lipinski definition) is 3. The first-order chi connectivity index (χ1) is 9.54. The van der Waals surface area contributed by atoms with Gasteiger partial charge in [-0.15, -0.1) is 0 Å². The molecule has 1 aromatic heterocycles. The number of carbonyl (C=O) groups excluding carboxylic acids is 1. The van der Waals surface area contributed by atoms with Gasteiger partial charge in [-0.05, 0) is 42.8 Å². The van der Waals surface area contributed by atoms with E-state index in [9.17, 15) is 9.59 Å². The van der Waals surface area contributed by atoms with E-state index in [2.05, 4.69) is 9.97 Å². The Labute approximate surface area is 114 Å². The number of nitrogen functional groups attached to an aromatic ring is 1. The summed E-state index contributed by atoms with van der Waals surface area (Å²) in [4.78, 5) is 29.0. The number of aromatic amines is 2. The minimum absolute atomic E-state index is 0.112. The fourth-order valence-corrected chi connectivity index (χ4v) is 2.21. The number of nitrogens with one attached hydrogen (secondary N) is 2. The van der Waals surface area contributed by atoms with E-state index < -0.39 is 0 Å². The summed E-state index contributed by atoms with van der Waals surface area (Å²) in [6, 6.07) is 10.3. The van der Waals surface area contributed by atoms with E-state index >= 15 is 0 Å². The molecule has 5 heteroatoms. The Hall–Kier alpha value is -2.82. The summed E-state index contributed by atoms with van der Waals surface area (Å²) in [5.41, 5.74) is 9.24. The van der Waals surface area contributed by atoms with Gasteiger partial charge in [-0.3, -0.25) is 4.79 Å². The molecular weight excluding hydrogens is 254 g/mol. The van der Waals surface area contributed by atoms with Crippen molar-refractivity contribution in [2.24, 2.45) is 0 Å². The molecule has 0 aliphatic rings. The van der Waals surface area contributed by atoms with Crippen LogP contribution in [-0.2, 0) is 0 Å². The van der Waals surface area contributed by atoms with Crippen LogP contribution in [0, 0.1) is 6.92 Å². The number of aromatic nitrogens is 2. The monoisotopic (exact) mass is 267 g/mol. The fraction of sp³-hybridized carbons (Fsp3) is 0.0667. The molecule has 4 N–H and O–H groups in total. The fourth-order valence-electron chi connectivity index (χ4n) is 2.21. The van der Waals surface area contributed by atoms with Crippen LogP contribution in [0.3, 0.4) is 0 Å². The highest BCUT2D eigenvalue weighted by Crippen LogP contribution is 2.19. The molecular formula is C15H13N3O2. The van der Waals surface area contributed by atoms with Crippen LogP contribution < -0.4 is 11.4 Å². The number of fused-ring (bicyclic) bond motifs is 1. The van der Waals surface area contributed by atoms with Crippen molar-refractivity contribution in [2.45, 2.75) is 6.92 Å². The van der Waals surface area contributed by atoms with E-state index in [0.29, 0.717) is 27.8 Å². The van der Waals surface area contributed by atoms with Crippen molar-refractivity contribution in [3.05, 3.63) is 63.6 Å². The number of hydrogen-bond donors (Lipinski definition) is 3. The van der Waals surface area contributed by atoms with Crippen molar-refractivity contribution in [3.63, 3.8) is 0 Å². The van der Waals surface area contributed by atoms with E-state index in [4.69, 9.17) is 5.73 Å². The van der Waals surface area contributed by atoms with E-state index in [1.165, 1.54) is 0 Å². The molecule has 3 rings (SSSR count). The Morgan fingerprint density at radius 1 is 1.05 bits per heavy atom. The first-order valence-electron chi connectivity index (χ1n) is 6.17. The molecule has 0 radical (unpaired) electrons. The van der Waals surface area contributed by atoms with E-state index in [1.54, 1.807) is 30.3 Å². The predicted octanol–water partition coefficient (Wildman–Crippen LogP) is 1.98. The maximum Gasteiger partial charge on any atom is 0.323 e. The lowest BCUT2D eigenvalue weighted by Gasteiger charge is -2.06. The van der Waals surface area contributed by atoms with Crippen molar-refractivity contribution in [2.75, 3.05) is 5.73 Å². The molecule has 0 saturated heterocycles. The van der Waals surface area contributed by atoms with Crippen LogP contribution in [0.5, 0.6) is 0 Å². The molecule has 2 aromatic carbocycles. The highest BCUT2D eigenvalue weighted by atomic mass is 16.1. The van der Waals surface area contributed by atoms with E-state index in [-0.39, 0.29) is 11.5 Å². The second-order valence-electron chi connectivity index (χ2n) is 4.74. The maximum atomic E-state index is 12.5. The van der Waals surface area contributed by atoms with Gasteiger partial charge in [0.05, 0.1) is 11.0 Å². The third-order valence-electron chi connectivity index (χ3n) is 3.28. The van der Waals surface area contributed by atoms with E-state index in [0.717, 1.165) is 5.56 Å². The van der Waals surface area contributed by atoms with Crippen molar-refractivity contribution in [1.82, 2.24) is 9.97 Å². The lowest BCUT2D eigenvalue weighted by Crippen LogP contribution is -2.04. The number of aryl methyl sites for hydroxylation is 1. The van der Waals surface area contributed by atoms with Gasteiger partial charge in [0.1, 0.15) is 0 Å². The zero-order valence-electron chi connectivity index (χ0n) is 10.9. The SMILES string of the molecule is Cc1ccc(N)cc1C(=O)c1ccc2[nH]c(=O)[nH]c2c1. The second-order valence-corrected chi connectivity index (χ2v) is 4.74. The van der Waals surface area contributed by atoms with Gasteiger partial charge in [-0.2, -0.15) is 0 Å². The van der Waals surface area contributed by atoms with Crippen LogP contribution in [0.25, 0.3) is 11.0 Å². The van der Waals surface area contributed by atoms with Crippen LogP contribution in [0.15, 0.2) is 41.2 Å². The molecule has 0 fully saturated rings. The first-order valence-corrected chi connectivity index (χ1v) is 6.17. The Morgan fingerprint density at radius 2 is 1.80 bits per heavy atom. The number of anilines is 1. The summed E-state index contributed by atoms with van der Waals surface area (Å²) in [6.45, 7) is 1.86. The number of carbonyl (C=O) groups is 1. The number of benzene rings is 2. The van der Waals surface area contributed by atoms with Gasteiger partial charge < -0.3 is 15.7 Å². The normalized spacial score (nSPS) is 10.8. The molecule has 0 amide bonds. The van der Waals surface area contributed by atoms with Gasteiger partial charge in [-0.25, -0.2) is 4.79 Å². The molecule has 0 saturated carbocycles. The van der Waals surface area contributed by atoms with Crippen molar-refractivity contribution in [3.8, 4) is 0 Å². The van der Waals surface area contributed by atoms with Gasteiger partial charge >= 0.3 is 5.69 Å². The lowest BCUT2D eigenvalue weighted by molar-refractivity contribution is 0.103. The van der Waals surface area contributed by atoms with Gasteiger partial charge in [0.25, 0.3) is 0 Å². The molecule has 0 aliphatic carbocycles. The van der Waals surface area contributed by atoms with Gasteiger partial charge in [0, 0.05) is 16.8 Å². The summed E-state index contributed by atoms with van der Waals surface area (Å²) >= 11 is 0. The molecule has 0 unspecified atom stereocenters. The molecule has 0 bridgehead atoms. The largest absolute Gasteiger partial charge is 0.399 e. The molecule has 0 aliphatic heterocycles. The smallest absolute Gasteiger partial charge is 0.323 e. The average molecular weight is 267 g/mol. The summed E-state index contributed by atoms with van der Waals surface area (Å²) in [7, 11) is 0. The molecule has 20 heavy (non-hydrogen) atoms. The molecule has 5 nitrogen and oxygen atoms in total. The molecule has 0 spiro atoms. The van der Waals surface area contributed by atoms with Crippen LogP contribution in [-0.4, -0.2) is 15.8 Å². The van der Waals surface area contributed by atoms with Gasteiger partial charge in [0.2, 0.25) is 0 Å². The third-order valence-corrected chi connectivity index (χ3v) is 3.28. The Kier molecular flexibility index (Phi) is 2.68. The Balaban J connectivity index is 2.12. The number of nitrogens with two attached hydrogens (primary N) is 1. The van der Waals surface area contributed by atoms with Crippen molar-refractivity contribution in [1.29, 1.82) is 0 Å². The lowest BCUT2D eigenvalue weighted by atomic mass is 9.98. The van der Waals surface area contributed by atoms with Crippen LogP contribution in [0.4, 0.5) is 5.69 Å². The predicted molar refractivity (Wildman–Crippen MR) is 77.9 cm³/mol. The zero-order valence-corrected chi connectivity index (χ0v) is 10.9. The average Bonchev–Trinajstić information content (AvgIpc) is 2.79. The van der Waals surface area contributed by atoms with Gasteiger partial charge in [-0.1, -0.05) is 6.07 Å². The maximum absolute atomic E-state index is 12.5. The molecule has 0 atom stereocenters. The summed E-state index contributed by atoms with van der Waals surface area (Å²) in [5.74, 6) is -0.112. The highest BCUT2D eigenvalue weighted by molar-refractivity contribution is 6.11.